The second-order valence-electron chi connectivity index (χ2n) is 7.59. The van der Waals surface area contributed by atoms with Gasteiger partial charge in [0, 0.05) is 38.2 Å². The molecule has 1 N–H and O–H groups in total. The number of aryl methyl sites for hydroxylation is 1. The maximum atomic E-state index is 12.7. The summed E-state index contributed by atoms with van der Waals surface area (Å²) in [4.78, 5) is 29.0. The number of halogens is 1. The van der Waals surface area contributed by atoms with Gasteiger partial charge in [0.25, 0.3) is 5.91 Å². The molecule has 2 amide bonds. The van der Waals surface area contributed by atoms with Crippen molar-refractivity contribution in [1.82, 2.24) is 15.1 Å². The van der Waals surface area contributed by atoms with Crippen LogP contribution in [0.15, 0.2) is 18.2 Å². The van der Waals surface area contributed by atoms with Crippen molar-refractivity contribution in [3.63, 3.8) is 0 Å². The molecule has 0 aliphatic carbocycles. The van der Waals surface area contributed by atoms with E-state index in [1.54, 1.807) is 13.2 Å². The molecule has 0 unspecified atom stereocenters. The van der Waals surface area contributed by atoms with Crippen LogP contribution in [0.1, 0.15) is 41.6 Å². The number of carbonyl (C=O) groups is 2. The van der Waals surface area contributed by atoms with E-state index in [-0.39, 0.29) is 24.2 Å². The summed E-state index contributed by atoms with van der Waals surface area (Å²) in [5, 5.41) is 3.36. The van der Waals surface area contributed by atoms with Crippen molar-refractivity contribution in [1.29, 1.82) is 0 Å². The summed E-state index contributed by atoms with van der Waals surface area (Å²) in [6.45, 7) is 6.54. The van der Waals surface area contributed by atoms with E-state index in [1.165, 1.54) is 12.8 Å². The predicted molar refractivity (Wildman–Crippen MR) is 112 cm³/mol. The molecule has 2 aliphatic rings. The minimum absolute atomic E-state index is 0. The number of carbonyl (C=O) groups excluding carboxylic acids is 2. The Hall–Kier alpha value is -1.79. The highest BCUT2D eigenvalue weighted by atomic mass is 35.5. The highest BCUT2D eigenvalue weighted by Crippen LogP contribution is 2.21. The topological polar surface area (TPSA) is 61.9 Å². The number of nitrogens with zero attached hydrogens (tertiary/aromatic N) is 2. The van der Waals surface area contributed by atoms with E-state index in [0.717, 1.165) is 30.8 Å². The third-order valence-corrected chi connectivity index (χ3v) is 5.80. The van der Waals surface area contributed by atoms with Gasteiger partial charge in [0.05, 0.1) is 7.11 Å². The number of hydrogen-bond acceptors (Lipinski definition) is 4. The van der Waals surface area contributed by atoms with E-state index in [9.17, 15) is 9.59 Å². The van der Waals surface area contributed by atoms with Gasteiger partial charge in [-0.15, -0.1) is 12.4 Å². The molecule has 0 spiro atoms. The zero-order chi connectivity index (χ0) is 19.2. The Kier molecular flexibility index (Phi) is 8.58. The third kappa shape index (κ3) is 5.61. The normalized spacial score (nSPS) is 17.8. The van der Waals surface area contributed by atoms with Crippen LogP contribution in [-0.2, 0) is 4.79 Å². The van der Waals surface area contributed by atoms with Crippen LogP contribution >= 0.6 is 12.4 Å². The van der Waals surface area contributed by atoms with Crippen LogP contribution in [0.3, 0.4) is 0 Å². The molecule has 2 aliphatic heterocycles. The smallest absolute Gasteiger partial charge is 0.254 e. The Morgan fingerprint density at radius 1 is 1.11 bits per heavy atom. The summed E-state index contributed by atoms with van der Waals surface area (Å²) >= 11 is 0. The first-order chi connectivity index (χ1) is 13.1. The van der Waals surface area contributed by atoms with Gasteiger partial charge in [-0.3, -0.25) is 9.59 Å². The van der Waals surface area contributed by atoms with Crippen molar-refractivity contribution in [3.8, 4) is 5.75 Å². The highest BCUT2D eigenvalue weighted by molar-refractivity contribution is 5.95. The number of hydrogen-bond donors (Lipinski definition) is 1. The monoisotopic (exact) mass is 409 g/mol. The lowest BCUT2D eigenvalue weighted by atomic mass is 9.93. The Balaban J connectivity index is 0.00000280. The van der Waals surface area contributed by atoms with Crippen molar-refractivity contribution in [2.45, 2.75) is 32.6 Å². The van der Waals surface area contributed by atoms with Gasteiger partial charge in [-0.05, 0) is 62.9 Å². The average molecular weight is 410 g/mol. The fourth-order valence-electron chi connectivity index (χ4n) is 3.95. The Morgan fingerprint density at radius 2 is 1.75 bits per heavy atom. The second-order valence-corrected chi connectivity index (χ2v) is 7.59. The minimum atomic E-state index is 0. The SMILES string of the molecule is COc1cc(C(=O)N2CCN(C(=O)CCC3CCNCC3)CC2)ccc1C.Cl. The van der Waals surface area contributed by atoms with Gasteiger partial charge in [0.15, 0.2) is 0 Å². The average Bonchev–Trinajstić information content (AvgIpc) is 2.72. The van der Waals surface area contributed by atoms with E-state index in [4.69, 9.17) is 4.74 Å². The van der Waals surface area contributed by atoms with E-state index in [2.05, 4.69) is 5.32 Å². The summed E-state index contributed by atoms with van der Waals surface area (Å²) in [5.41, 5.74) is 1.65. The predicted octanol–water partition coefficient (Wildman–Crippen LogP) is 2.49. The number of amides is 2. The van der Waals surface area contributed by atoms with E-state index >= 15 is 0 Å². The molecule has 0 aromatic heterocycles. The van der Waals surface area contributed by atoms with E-state index in [0.29, 0.717) is 44.1 Å². The number of nitrogens with one attached hydrogen (secondary N) is 1. The van der Waals surface area contributed by atoms with Crippen LogP contribution in [-0.4, -0.2) is 68.0 Å². The molecular weight excluding hydrogens is 378 g/mol. The van der Waals surface area contributed by atoms with Gasteiger partial charge in [0.2, 0.25) is 5.91 Å². The van der Waals surface area contributed by atoms with E-state index in [1.807, 2.05) is 28.9 Å². The molecular formula is C21H32ClN3O3. The fourth-order valence-corrected chi connectivity index (χ4v) is 3.95. The van der Waals surface area contributed by atoms with Crippen LogP contribution in [0, 0.1) is 12.8 Å². The summed E-state index contributed by atoms with van der Waals surface area (Å²) in [6.07, 6.45) is 3.97. The fraction of sp³-hybridized carbons (Fsp3) is 0.619. The summed E-state index contributed by atoms with van der Waals surface area (Å²) in [5.74, 6) is 1.65. The number of piperazine rings is 1. The minimum Gasteiger partial charge on any atom is -0.496 e. The van der Waals surface area contributed by atoms with Gasteiger partial charge in [-0.2, -0.15) is 0 Å². The van der Waals surface area contributed by atoms with Crippen LogP contribution in [0.25, 0.3) is 0 Å². The molecule has 0 bridgehead atoms. The molecule has 0 radical (unpaired) electrons. The van der Waals surface area contributed by atoms with Crippen LogP contribution in [0.2, 0.25) is 0 Å². The maximum absolute atomic E-state index is 12.7. The van der Waals surface area contributed by atoms with Gasteiger partial charge >= 0.3 is 0 Å². The quantitative estimate of drug-likeness (QED) is 0.811. The lowest BCUT2D eigenvalue weighted by Crippen LogP contribution is -2.50. The van der Waals surface area contributed by atoms with Crippen molar-refractivity contribution in [2.24, 2.45) is 5.92 Å². The summed E-state index contributed by atoms with van der Waals surface area (Å²) < 4.78 is 5.32. The number of benzene rings is 1. The standard InChI is InChI=1S/C21H31N3O3.ClH/c1-16-3-5-18(15-19(16)27-2)21(26)24-13-11-23(12-14-24)20(25)6-4-17-7-9-22-10-8-17;/h3,5,15,17,22H,4,6-14H2,1-2H3;1H. The van der Waals surface area contributed by atoms with Gasteiger partial charge in [0.1, 0.15) is 5.75 Å². The van der Waals surface area contributed by atoms with Crippen LogP contribution in [0.4, 0.5) is 0 Å². The highest BCUT2D eigenvalue weighted by Gasteiger charge is 2.25. The summed E-state index contributed by atoms with van der Waals surface area (Å²) in [7, 11) is 1.62. The molecule has 3 rings (SSSR count). The maximum Gasteiger partial charge on any atom is 0.254 e. The number of rotatable bonds is 5. The first kappa shape index (κ1) is 22.5. The Morgan fingerprint density at radius 3 is 2.39 bits per heavy atom. The van der Waals surface area contributed by atoms with Crippen molar-refractivity contribution in [2.75, 3.05) is 46.4 Å². The molecule has 28 heavy (non-hydrogen) atoms. The van der Waals surface area contributed by atoms with Crippen molar-refractivity contribution < 1.29 is 14.3 Å². The molecule has 0 atom stereocenters. The van der Waals surface area contributed by atoms with Crippen LogP contribution < -0.4 is 10.1 Å². The molecule has 2 saturated heterocycles. The molecule has 6 nitrogen and oxygen atoms in total. The van der Waals surface area contributed by atoms with Gasteiger partial charge in [-0.25, -0.2) is 0 Å². The van der Waals surface area contributed by atoms with Crippen LogP contribution in [0.5, 0.6) is 5.75 Å². The molecule has 0 saturated carbocycles. The summed E-state index contributed by atoms with van der Waals surface area (Å²) in [6, 6.07) is 5.55. The first-order valence-electron chi connectivity index (χ1n) is 10.0. The number of methoxy groups -OCH3 is 1. The lowest BCUT2D eigenvalue weighted by molar-refractivity contribution is -0.133. The Bertz CT molecular complexity index is 669. The Labute approximate surface area is 174 Å². The molecule has 1 aromatic carbocycles. The molecule has 2 heterocycles. The largest absolute Gasteiger partial charge is 0.496 e. The van der Waals surface area contributed by atoms with Gasteiger partial charge < -0.3 is 19.9 Å². The zero-order valence-electron chi connectivity index (χ0n) is 16.9. The molecule has 156 valence electrons. The molecule has 7 heteroatoms. The lowest BCUT2D eigenvalue weighted by Gasteiger charge is -2.35. The van der Waals surface area contributed by atoms with Crippen molar-refractivity contribution >= 4 is 24.2 Å². The number of ether oxygens (including phenoxy) is 1. The second kappa shape index (κ2) is 10.7. The third-order valence-electron chi connectivity index (χ3n) is 5.80. The first-order valence-corrected chi connectivity index (χ1v) is 10.0. The number of piperidine rings is 1. The van der Waals surface area contributed by atoms with Crippen molar-refractivity contribution in [3.05, 3.63) is 29.3 Å². The molecule has 1 aromatic rings. The van der Waals surface area contributed by atoms with Gasteiger partial charge in [-0.1, -0.05) is 6.07 Å². The van der Waals surface area contributed by atoms with E-state index < -0.39 is 0 Å². The zero-order valence-corrected chi connectivity index (χ0v) is 17.7. The molecule has 2 fully saturated rings.